The van der Waals surface area contributed by atoms with Gasteiger partial charge in [-0.05, 0) is 22.9 Å². The van der Waals surface area contributed by atoms with Crippen LogP contribution in [-0.4, -0.2) is 31.7 Å². The van der Waals surface area contributed by atoms with Gasteiger partial charge < -0.3 is 15.4 Å². The van der Waals surface area contributed by atoms with Crippen molar-refractivity contribution in [2.75, 3.05) is 24.6 Å². The van der Waals surface area contributed by atoms with E-state index in [9.17, 15) is 4.79 Å². The van der Waals surface area contributed by atoms with E-state index >= 15 is 0 Å². The molecule has 19 heavy (non-hydrogen) atoms. The Labute approximate surface area is 111 Å². The highest BCUT2D eigenvalue weighted by Crippen LogP contribution is 2.24. The molecule has 4 heteroatoms. The average molecular weight is 256 g/mol. The molecule has 1 aliphatic heterocycles. The molecule has 1 atom stereocenters. The highest BCUT2D eigenvalue weighted by molar-refractivity contribution is 5.97. The summed E-state index contributed by atoms with van der Waals surface area (Å²) in [6, 6.07) is 14.1. The standard InChI is InChI=1S/C15H16N2O2/c16-8-14-9-17(15(18)10-19-14)13-6-5-11-3-1-2-4-12(11)7-13/h1-7,14H,8-10,16H2. The summed E-state index contributed by atoms with van der Waals surface area (Å²) >= 11 is 0. The first-order chi connectivity index (χ1) is 9.28. The van der Waals surface area contributed by atoms with E-state index in [2.05, 4.69) is 6.07 Å². The Balaban J connectivity index is 1.95. The number of amides is 1. The quantitative estimate of drug-likeness (QED) is 0.886. The van der Waals surface area contributed by atoms with E-state index in [0.29, 0.717) is 13.1 Å². The Bertz CT molecular complexity index is 612. The molecule has 4 nitrogen and oxygen atoms in total. The van der Waals surface area contributed by atoms with Crippen molar-refractivity contribution >= 4 is 22.4 Å². The van der Waals surface area contributed by atoms with Crippen LogP contribution in [-0.2, 0) is 9.53 Å². The van der Waals surface area contributed by atoms with Gasteiger partial charge in [0.05, 0.1) is 12.6 Å². The van der Waals surface area contributed by atoms with Crippen LogP contribution in [0.3, 0.4) is 0 Å². The summed E-state index contributed by atoms with van der Waals surface area (Å²) in [4.78, 5) is 13.7. The summed E-state index contributed by atoms with van der Waals surface area (Å²) in [6.45, 7) is 1.06. The van der Waals surface area contributed by atoms with Crippen LogP contribution >= 0.6 is 0 Å². The fourth-order valence-electron chi connectivity index (χ4n) is 2.36. The van der Waals surface area contributed by atoms with E-state index in [1.54, 1.807) is 4.90 Å². The van der Waals surface area contributed by atoms with Gasteiger partial charge in [-0.3, -0.25) is 4.79 Å². The second-order valence-corrected chi connectivity index (χ2v) is 4.70. The van der Waals surface area contributed by atoms with Crippen LogP contribution in [0.1, 0.15) is 0 Å². The van der Waals surface area contributed by atoms with Crippen LogP contribution in [0.2, 0.25) is 0 Å². The third kappa shape index (κ3) is 2.32. The molecule has 2 aromatic rings. The van der Waals surface area contributed by atoms with Crippen LogP contribution in [0.5, 0.6) is 0 Å². The van der Waals surface area contributed by atoms with E-state index in [0.717, 1.165) is 11.1 Å². The lowest BCUT2D eigenvalue weighted by Crippen LogP contribution is -2.49. The molecule has 1 unspecified atom stereocenters. The maximum atomic E-state index is 12.0. The lowest BCUT2D eigenvalue weighted by molar-refractivity contribution is -0.128. The first-order valence-electron chi connectivity index (χ1n) is 6.39. The highest BCUT2D eigenvalue weighted by Gasteiger charge is 2.26. The summed E-state index contributed by atoms with van der Waals surface area (Å²) < 4.78 is 5.36. The minimum absolute atomic E-state index is 0.0139. The largest absolute Gasteiger partial charge is 0.365 e. The van der Waals surface area contributed by atoms with E-state index in [-0.39, 0.29) is 18.6 Å². The first kappa shape index (κ1) is 12.1. The maximum absolute atomic E-state index is 12.0. The molecule has 1 fully saturated rings. The second kappa shape index (κ2) is 4.99. The van der Waals surface area contributed by atoms with Crippen LogP contribution in [0.4, 0.5) is 5.69 Å². The maximum Gasteiger partial charge on any atom is 0.253 e. The van der Waals surface area contributed by atoms with Gasteiger partial charge in [0.2, 0.25) is 0 Å². The number of anilines is 1. The van der Waals surface area contributed by atoms with Crippen LogP contribution < -0.4 is 10.6 Å². The van der Waals surface area contributed by atoms with Gasteiger partial charge in [0.1, 0.15) is 6.61 Å². The molecule has 2 aromatic carbocycles. The number of nitrogens with two attached hydrogens (primary N) is 1. The summed E-state index contributed by atoms with van der Waals surface area (Å²) in [6.07, 6.45) is -0.0795. The topological polar surface area (TPSA) is 55.6 Å². The lowest BCUT2D eigenvalue weighted by Gasteiger charge is -2.32. The van der Waals surface area contributed by atoms with Crippen molar-refractivity contribution in [2.24, 2.45) is 5.73 Å². The first-order valence-corrected chi connectivity index (χ1v) is 6.39. The fraction of sp³-hybridized carbons (Fsp3) is 0.267. The van der Waals surface area contributed by atoms with E-state index in [1.807, 2.05) is 36.4 Å². The average Bonchev–Trinajstić information content (AvgIpc) is 2.47. The molecule has 1 aliphatic rings. The Kier molecular flexibility index (Phi) is 3.19. The summed E-state index contributed by atoms with van der Waals surface area (Å²) in [5.41, 5.74) is 6.52. The number of fused-ring (bicyclic) bond motifs is 1. The number of rotatable bonds is 2. The number of hydrogen-bond donors (Lipinski definition) is 1. The normalized spacial score (nSPS) is 19.9. The fourth-order valence-corrected chi connectivity index (χ4v) is 2.36. The Morgan fingerprint density at radius 3 is 2.79 bits per heavy atom. The van der Waals surface area contributed by atoms with Crippen molar-refractivity contribution in [3.63, 3.8) is 0 Å². The highest BCUT2D eigenvalue weighted by atomic mass is 16.5. The molecule has 2 N–H and O–H groups in total. The predicted octanol–water partition coefficient (Wildman–Crippen LogP) is 1.53. The number of nitrogens with zero attached hydrogens (tertiary/aromatic N) is 1. The van der Waals surface area contributed by atoms with Gasteiger partial charge in [0, 0.05) is 12.2 Å². The van der Waals surface area contributed by atoms with E-state index < -0.39 is 0 Å². The van der Waals surface area contributed by atoms with Crippen molar-refractivity contribution in [1.29, 1.82) is 0 Å². The van der Waals surface area contributed by atoms with Gasteiger partial charge in [-0.15, -0.1) is 0 Å². The Hall–Kier alpha value is -1.91. The molecular formula is C15H16N2O2. The lowest BCUT2D eigenvalue weighted by atomic mass is 10.1. The smallest absolute Gasteiger partial charge is 0.253 e. The third-order valence-corrected chi connectivity index (χ3v) is 3.44. The zero-order valence-electron chi connectivity index (χ0n) is 10.6. The minimum Gasteiger partial charge on any atom is -0.365 e. The van der Waals surface area contributed by atoms with E-state index in [4.69, 9.17) is 10.5 Å². The summed E-state index contributed by atoms with van der Waals surface area (Å²) in [5.74, 6) is -0.0139. The summed E-state index contributed by atoms with van der Waals surface area (Å²) in [7, 11) is 0. The van der Waals surface area contributed by atoms with Crippen molar-refractivity contribution in [2.45, 2.75) is 6.10 Å². The monoisotopic (exact) mass is 256 g/mol. The molecule has 0 saturated carbocycles. The van der Waals surface area contributed by atoms with Crippen LogP contribution in [0.25, 0.3) is 10.8 Å². The number of carbonyl (C=O) groups is 1. The molecule has 0 spiro atoms. The SMILES string of the molecule is NCC1CN(c2ccc3ccccc3c2)C(=O)CO1. The predicted molar refractivity (Wildman–Crippen MR) is 75.1 cm³/mol. The van der Waals surface area contributed by atoms with Gasteiger partial charge >= 0.3 is 0 Å². The molecule has 3 rings (SSSR count). The van der Waals surface area contributed by atoms with Crippen LogP contribution in [0.15, 0.2) is 42.5 Å². The molecule has 0 bridgehead atoms. The zero-order valence-corrected chi connectivity index (χ0v) is 10.6. The number of ether oxygens (including phenoxy) is 1. The zero-order chi connectivity index (χ0) is 13.2. The van der Waals surface area contributed by atoms with Gasteiger partial charge in [-0.25, -0.2) is 0 Å². The van der Waals surface area contributed by atoms with Crippen molar-refractivity contribution in [3.8, 4) is 0 Å². The Morgan fingerprint density at radius 2 is 2.00 bits per heavy atom. The number of carbonyl (C=O) groups excluding carboxylic acids is 1. The summed E-state index contributed by atoms with van der Waals surface area (Å²) in [5, 5.41) is 2.30. The van der Waals surface area contributed by atoms with Crippen LogP contribution in [0, 0.1) is 0 Å². The van der Waals surface area contributed by atoms with Gasteiger partial charge in [0.15, 0.2) is 0 Å². The number of benzene rings is 2. The van der Waals surface area contributed by atoms with Crippen molar-refractivity contribution < 1.29 is 9.53 Å². The molecule has 0 aromatic heterocycles. The molecule has 0 radical (unpaired) electrons. The number of hydrogen-bond acceptors (Lipinski definition) is 3. The molecular weight excluding hydrogens is 240 g/mol. The van der Waals surface area contributed by atoms with Gasteiger partial charge in [0.25, 0.3) is 5.91 Å². The molecule has 0 aliphatic carbocycles. The second-order valence-electron chi connectivity index (χ2n) is 4.70. The minimum atomic E-state index is -0.0795. The molecule has 1 heterocycles. The number of morpholine rings is 1. The van der Waals surface area contributed by atoms with Gasteiger partial charge in [-0.2, -0.15) is 0 Å². The molecule has 98 valence electrons. The van der Waals surface area contributed by atoms with E-state index in [1.165, 1.54) is 5.39 Å². The van der Waals surface area contributed by atoms with Gasteiger partial charge in [-0.1, -0.05) is 30.3 Å². The van der Waals surface area contributed by atoms with Crippen molar-refractivity contribution in [3.05, 3.63) is 42.5 Å². The van der Waals surface area contributed by atoms with Crippen molar-refractivity contribution in [1.82, 2.24) is 0 Å². The Morgan fingerprint density at radius 1 is 1.21 bits per heavy atom. The molecule has 1 saturated heterocycles. The molecule has 1 amide bonds. The third-order valence-electron chi connectivity index (χ3n) is 3.44.